The van der Waals surface area contributed by atoms with Gasteiger partial charge in [0.1, 0.15) is 11.2 Å². The molecule has 1 aliphatic carbocycles. The van der Waals surface area contributed by atoms with Crippen LogP contribution in [0.2, 0.25) is 0 Å². The lowest BCUT2D eigenvalue weighted by atomic mass is 9.72. The van der Waals surface area contributed by atoms with Crippen molar-refractivity contribution in [1.82, 2.24) is 0 Å². The molecule has 0 saturated carbocycles. The highest BCUT2D eigenvalue weighted by atomic mass is 16.3. The summed E-state index contributed by atoms with van der Waals surface area (Å²) in [6, 6.07) is 68.9. The highest BCUT2D eigenvalue weighted by molar-refractivity contribution is 6.02. The van der Waals surface area contributed by atoms with Gasteiger partial charge in [0.15, 0.2) is 0 Å². The minimum atomic E-state index is -0.389. The summed E-state index contributed by atoms with van der Waals surface area (Å²) in [5.41, 5.74) is 17.7. The molecule has 9 aromatic carbocycles. The van der Waals surface area contributed by atoms with E-state index in [0.29, 0.717) is 21.9 Å². The third kappa shape index (κ3) is 6.04. The minimum Gasteiger partial charge on any atom is -0.455 e. The van der Waals surface area contributed by atoms with Crippen LogP contribution in [0.3, 0.4) is 0 Å². The fraction of sp³-hybridized carbons (Fsp3) is 0.0806. The molecule has 5 nitrogen and oxygen atoms in total. The maximum atomic E-state index is 13.6. The van der Waals surface area contributed by atoms with Crippen molar-refractivity contribution < 1.29 is 4.42 Å². The third-order valence-corrected chi connectivity index (χ3v) is 14.2. The van der Waals surface area contributed by atoms with Gasteiger partial charge in [0.25, 0.3) is 0 Å². The number of para-hydroxylation sites is 6. The highest BCUT2D eigenvalue weighted by Crippen LogP contribution is 2.57. The lowest BCUT2D eigenvalue weighted by Gasteiger charge is -2.44. The number of fused-ring (bicyclic) bond motifs is 7. The molecule has 5 heteroatoms. The van der Waals surface area contributed by atoms with E-state index >= 15 is 0 Å². The van der Waals surface area contributed by atoms with E-state index in [4.69, 9.17) is 4.42 Å². The van der Waals surface area contributed by atoms with Crippen molar-refractivity contribution in [3.8, 4) is 22.3 Å². The molecular formula is C62H45N3O2. The van der Waals surface area contributed by atoms with Crippen molar-refractivity contribution in [3.05, 3.63) is 239 Å². The van der Waals surface area contributed by atoms with Crippen LogP contribution in [-0.4, -0.2) is 0 Å². The molecule has 0 unspecified atom stereocenters. The van der Waals surface area contributed by atoms with Crippen LogP contribution >= 0.6 is 0 Å². The van der Waals surface area contributed by atoms with E-state index < -0.39 is 0 Å². The SMILES string of the molecule is CC1(C)c2cc(-c3cccc4ccccc34)ccc2N(c2ccc(-c3cccc4c(=O)c5ccccc5oc34)cc2)c2ccc(N3c4ccccc4N(C4=CCCC=C4)c4ccccc43)cc21. The first kappa shape index (κ1) is 39.0. The number of rotatable bonds is 5. The van der Waals surface area contributed by atoms with Gasteiger partial charge in [-0.05, 0) is 142 Å². The number of anilines is 8. The topological polar surface area (TPSA) is 39.9 Å². The van der Waals surface area contributed by atoms with Crippen LogP contribution in [0.1, 0.15) is 37.8 Å². The fourth-order valence-electron chi connectivity index (χ4n) is 10.9. The zero-order valence-electron chi connectivity index (χ0n) is 37.3. The van der Waals surface area contributed by atoms with E-state index in [9.17, 15) is 4.79 Å². The van der Waals surface area contributed by atoms with E-state index in [2.05, 4.69) is 198 Å². The average Bonchev–Trinajstić information content (AvgIpc) is 3.38. The van der Waals surface area contributed by atoms with Crippen molar-refractivity contribution in [2.75, 3.05) is 14.7 Å². The molecule has 0 N–H and O–H groups in total. The molecule has 0 radical (unpaired) electrons. The van der Waals surface area contributed by atoms with Gasteiger partial charge in [-0.25, -0.2) is 0 Å². The Morgan fingerprint density at radius 1 is 0.463 bits per heavy atom. The Balaban J connectivity index is 0.987. The van der Waals surface area contributed by atoms with Crippen LogP contribution in [0.25, 0.3) is 55.0 Å². The number of hydrogen-bond acceptors (Lipinski definition) is 5. The van der Waals surface area contributed by atoms with Crippen molar-refractivity contribution in [1.29, 1.82) is 0 Å². The Bertz CT molecular complexity index is 3730. The van der Waals surface area contributed by atoms with Gasteiger partial charge in [-0.1, -0.05) is 135 Å². The highest BCUT2D eigenvalue weighted by Gasteiger charge is 2.39. The van der Waals surface area contributed by atoms with Crippen molar-refractivity contribution in [3.63, 3.8) is 0 Å². The monoisotopic (exact) mass is 863 g/mol. The Morgan fingerprint density at radius 2 is 1.03 bits per heavy atom. The molecule has 13 rings (SSSR count). The standard InChI is InChI=1S/C62H45N3O2/c1-62(2)51-38-42(47-22-14-17-40-16-6-7-20-46(40)47)32-36-53(51)63(44-33-30-41(31-34-44)48-23-15-24-50-60(66)49-21-8-13-29-59(49)67-61(48)50)54-37-35-45(39-52(54)62)65-57-27-11-9-25-55(57)64(43-18-4-3-5-19-43)56-26-10-12-28-58(56)65/h4,6-39H,3,5H2,1-2H3. The Kier molecular flexibility index (Phi) is 8.78. The summed E-state index contributed by atoms with van der Waals surface area (Å²) in [4.78, 5) is 20.9. The second-order valence-corrected chi connectivity index (χ2v) is 18.3. The van der Waals surface area contributed by atoms with Crippen molar-refractivity contribution in [2.45, 2.75) is 32.1 Å². The van der Waals surface area contributed by atoms with Gasteiger partial charge >= 0.3 is 0 Å². The molecule has 2 aliphatic heterocycles. The van der Waals surface area contributed by atoms with Crippen LogP contribution in [-0.2, 0) is 5.41 Å². The molecule has 0 amide bonds. The van der Waals surface area contributed by atoms with E-state index in [1.54, 1.807) is 0 Å². The molecule has 3 aliphatic rings. The summed E-state index contributed by atoms with van der Waals surface area (Å²) in [5, 5.41) is 3.63. The number of nitrogens with zero attached hydrogens (tertiary/aromatic N) is 3. The lowest BCUT2D eigenvalue weighted by molar-refractivity contribution is 0.632. The number of allylic oxidation sites excluding steroid dienone is 3. The maximum Gasteiger partial charge on any atom is 0.200 e. The second kappa shape index (κ2) is 15.1. The van der Waals surface area contributed by atoms with Gasteiger partial charge in [0.2, 0.25) is 5.43 Å². The smallest absolute Gasteiger partial charge is 0.200 e. The minimum absolute atomic E-state index is 0.0191. The summed E-state index contributed by atoms with van der Waals surface area (Å²) in [6.45, 7) is 4.75. The zero-order chi connectivity index (χ0) is 44.8. The van der Waals surface area contributed by atoms with Gasteiger partial charge < -0.3 is 19.1 Å². The van der Waals surface area contributed by atoms with Crippen LogP contribution in [0, 0.1) is 0 Å². The third-order valence-electron chi connectivity index (χ3n) is 14.2. The van der Waals surface area contributed by atoms with Crippen LogP contribution in [0.15, 0.2) is 227 Å². The van der Waals surface area contributed by atoms with Gasteiger partial charge in [0.05, 0.1) is 44.9 Å². The van der Waals surface area contributed by atoms with Crippen LogP contribution < -0.4 is 20.1 Å². The molecule has 1 aromatic heterocycles. The quantitative estimate of drug-likeness (QED) is 0.161. The summed E-state index contributed by atoms with van der Waals surface area (Å²) in [6.07, 6.45) is 8.99. The van der Waals surface area contributed by atoms with E-state index in [1.165, 1.54) is 38.7 Å². The zero-order valence-corrected chi connectivity index (χ0v) is 37.3. The molecule has 0 spiro atoms. The fourth-order valence-corrected chi connectivity index (χ4v) is 10.9. The number of benzene rings is 9. The molecule has 0 bridgehead atoms. The molecule has 3 heterocycles. The van der Waals surface area contributed by atoms with E-state index in [1.807, 2.05) is 42.5 Å². The summed E-state index contributed by atoms with van der Waals surface area (Å²) >= 11 is 0. The van der Waals surface area contributed by atoms with Gasteiger partial charge in [0, 0.05) is 28.1 Å². The Labute approximate surface area is 389 Å². The normalized spacial score (nSPS) is 14.7. The summed E-state index contributed by atoms with van der Waals surface area (Å²) < 4.78 is 6.47. The largest absolute Gasteiger partial charge is 0.455 e. The molecule has 67 heavy (non-hydrogen) atoms. The van der Waals surface area contributed by atoms with E-state index in [-0.39, 0.29) is 10.8 Å². The first-order valence-corrected chi connectivity index (χ1v) is 23.2. The summed E-state index contributed by atoms with van der Waals surface area (Å²) in [5.74, 6) is 0. The lowest BCUT2D eigenvalue weighted by Crippen LogP contribution is -2.31. The first-order chi connectivity index (χ1) is 32.9. The molecule has 0 atom stereocenters. The molecule has 0 saturated heterocycles. The molecule has 320 valence electrons. The Hall–Kier alpha value is -8.41. The van der Waals surface area contributed by atoms with Gasteiger partial charge in [-0.3, -0.25) is 4.79 Å². The molecule has 10 aromatic rings. The van der Waals surface area contributed by atoms with E-state index in [0.717, 1.165) is 69.5 Å². The summed E-state index contributed by atoms with van der Waals surface area (Å²) in [7, 11) is 0. The second-order valence-electron chi connectivity index (χ2n) is 18.3. The predicted octanol–water partition coefficient (Wildman–Crippen LogP) is 16.7. The van der Waals surface area contributed by atoms with Crippen LogP contribution in [0.5, 0.6) is 0 Å². The average molecular weight is 864 g/mol. The molecular weight excluding hydrogens is 819 g/mol. The van der Waals surface area contributed by atoms with Crippen molar-refractivity contribution >= 4 is 78.2 Å². The Morgan fingerprint density at radius 3 is 1.78 bits per heavy atom. The predicted molar refractivity (Wildman–Crippen MR) is 278 cm³/mol. The van der Waals surface area contributed by atoms with Crippen LogP contribution in [0.4, 0.5) is 45.5 Å². The number of hydrogen-bond donors (Lipinski definition) is 0. The van der Waals surface area contributed by atoms with Gasteiger partial charge in [-0.15, -0.1) is 0 Å². The molecule has 0 fully saturated rings. The van der Waals surface area contributed by atoms with Crippen molar-refractivity contribution in [2.24, 2.45) is 0 Å². The van der Waals surface area contributed by atoms with Gasteiger partial charge in [-0.2, -0.15) is 0 Å². The first-order valence-electron chi connectivity index (χ1n) is 23.2. The maximum absolute atomic E-state index is 13.6.